The van der Waals surface area contributed by atoms with Crippen molar-refractivity contribution in [2.45, 2.75) is 50.5 Å². The van der Waals surface area contributed by atoms with Crippen LogP contribution in [0.2, 0.25) is 0 Å². The lowest BCUT2D eigenvalue weighted by Gasteiger charge is -2.36. The van der Waals surface area contributed by atoms with Crippen molar-refractivity contribution in [2.24, 2.45) is 13.0 Å². The van der Waals surface area contributed by atoms with E-state index in [1.807, 2.05) is 0 Å². The van der Waals surface area contributed by atoms with Crippen LogP contribution in [-0.4, -0.2) is 46.8 Å². The molecule has 1 saturated carbocycles. The van der Waals surface area contributed by atoms with Crippen molar-refractivity contribution in [3.8, 4) is 0 Å². The molecule has 2 rings (SSSR count). The van der Waals surface area contributed by atoms with Crippen LogP contribution in [0.1, 0.15) is 37.6 Å². The summed E-state index contributed by atoms with van der Waals surface area (Å²) in [4.78, 5) is 0.264. The predicted octanol–water partition coefficient (Wildman–Crippen LogP) is 1.21. The molecule has 1 heterocycles. The molecule has 0 radical (unpaired) electrons. The van der Waals surface area contributed by atoms with Gasteiger partial charge in [-0.1, -0.05) is 6.92 Å². The Morgan fingerprint density at radius 1 is 1.48 bits per heavy atom. The second-order valence-corrected chi connectivity index (χ2v) is 8.23. The lowest BCUT2D eigenvalue weighted by atomic mass is 9.98. The van der Waals surface area contributed by atoms with Crippen molar-refractivity contribution in [1.29, 1.82) is 0 Å². The molecule has 0 aromatic carbocycles. The van der Waals surface area contributed by atoms with Crippen LogP contribution in [0.25, 0.3) is 0 Å². The fourth-order valence-corrected chi connectivity index (χ4v) is 5.34. The summed E-state index contributed by atoms with van der Waals surface area (Å²) in [6.45, 7) is 5.41. The van der Waals surface area contributed by atoms with Gasteiger partial charge in [0.2, 0.25) is 10.0 Å². The van der Waals surface area contributed by atoms with Gasteiger partial charge in [-0.15, -0.1) is 0 Å². The molecular weight excluding hydrogens is 290 g/mol. The van der Waals surface area contributed by atoms with Gasteiger partial charge in [0, 0.05) is 14.1 Å². The molecule has 1 aromatic rings. The Morgan fingerprint density at radius 3 is 2.48 bits per heavy atom. The highest BCUT2D eigenvalue weighted by atomic mass is 32.2. The van der Waals surface area contributed by atoms with Gasteiger partial charge < -0.3 is 5.11 Å². The SMILES string of the molecule is Cc1nn(C)c(C)c1S(=O)(=O)N(C)[C@@]1(CO)CC[C@@H](C)C1. The van der Waals surface area contributed by atoms with Gasteiger partial charge in [-0.2, -0.15) is 9.40 Å². The summed E-state index contributed by atoms with van der Waals surface area (Å²) >= 11 is 0. The number of sulfonamides is 1. The summed E-state index contributed by atoms with van der Waals surface area (Å²) in [5.41, 5.74) is 0.437. The summed E-state index contributed by atoms with van der Waals surface area (Å²) < 4.78 is 29.0. The van der Waals surface area contributed by atoms with Crippen LogP contribution in [0.3, 0.4) is 0 Å². The Balaban J connectivity index is 2.48. The summed E-state index contributed by atoms with van der Waals surface area (Å²) in [5.74, 6) is 0.422. The number of hydrogen-bond acceptors (Lipinski definition) is 4. The maximum Gasteiger partial charge on any atom is 0.247 e. The second-order valence-electron chi connectivity index (χ2n) is 6.33. The summed E-state index contributed by atoms with van der Waals surface area (Å²) in [6, 6.07) is 0. The molecule has 0 unspecified atom stereocenters. The van der Waals surface area contributed by atoms with E-state index in [9.17, 15) is 13.5 Å². The van der Waals surface area contributed by atoms with Crippen molar-refractivity contribution in [2.75, 3.05) is 13.7 Å². The first-order chi connectivity index (χ1) is 9.65. The van der Waals surface area contributed by atoms with E-state index in [4.69, 9.17) is 0 Å². The van der Waals surface area contributed by atoms with Gasteiger partial charge in [0.05, 0.1) is 23.5 Å². The third-order valence-electron chi connectivity index (χ3n) is 4.85. The van der Waals surface area contributed by atoms with Gasteiger partial charge in [-0.25, -0.2) is 8.42 Å². The van der Waals surface area contributed by atoms with Crippen molar-refractivity contribution in [3.05, 3.63) is 11.4 Å². The van der Waals surface area contributed by atoms with E-state index in [0.717, 1.165) is 6.42 Å². The van der Waals surface area contributed by atoms with Crippen LogP contribution < -0.4 is 0 Å². The van der Waals surface area contributed by atoms with Crippen LogP contribution in [0, 0.1) is 19.8 Å². The molecule has 1 aliphatic rings. The van der Waals surface area contributed by atoms with Crippen LogP contribution in [-0.2, 0) is 17.1 Å². The average molecular weight is 315 g/mol. The smallest absolute Gasteiger partial charge is 0.247 e. The molecule has 1 aliphatic carbocycles. The molecule has 120 valence electrons. The molecule has 1 N–H and O–H groups in total. The number of aliphatic hydroxyl groups is 1. The van der Waals surface area contributed by atoms with Gasteiger partial charge in [-0.05, 0) is 39.0 Å². The number of rotatable bonds is 4. The molecule has 1 fully saturated rings. The van der Waals surface area contributed by atoms with E-state index in [0.29, 0.717) is 30.1 Å². The van der Waals surface area contributed by atoms with Crippen molar-refractivity contribution < 1.29 is 13.5 Å². The molecule has 1 aromatic heterocycles. The minimum atomic E-state index is -3.67. The molecule has 6 nitrogen and oxygen atoms in total. The van der Waals surface area contributed by atoms with Gasteiger partial charge >= 0.3 is 0 Å². The van der Waals surface area contributed by atoms with Crippen molar-refractivity contribution >= 4 is 10.0 Å². The number of likely N-dealkylation sites (N-methyl/N-ethyl adjacent to an activating group) is 1. The summed E-state index contributed by atoms with van der Waals surface area (Å²) in [5, 5.41) is 14.0. The van der Waals surface area contributed by atoms with E-state index >= 15 is 0 Å². The summed E-state index contributed by atoms with van der Waals surface area (Å²) in [6.07, 6.45) is 2.32. The number of aryl methyl sites for hydroxylation is 2. The molecular formula is C14H25N3O3S. The highest BCUT2D eigenvalue weighted by molar-refractivity contribution is 7.89. The number of hydrogen-bond donors (Lipinski definition) is 1. The van der Waals surface area contributed by atoms with Gasteiger partial charge in [0.15, 0.2) is 0 Å². The fraction of sp³-hybridized carbons (Fsp3) is 0.786. The van der Waals surface area contributed by atoms with E-state index < -0.39 is 15.6 Å². The predicted molar refractivity (Wildman–Crippen MR) is 80.5 cm³/mol. The lowest BCUT2D eigenvalue weighted by Crippen LogP contribution is -2.50. The average Bonchev–Trinajstić information content (AvgIpc) is 2.91. The maximum atomic E-state index is 13.0. The van der Waals surface area contributed by atoms with Crippen molar-refractivity contribution in [3.63, 3.8) is 0 Å². The zero-order valence-corrected chi connectivity index (χ0v) is 14.2. The first-order valence-corrected chi connectivity index (χ1v) is 8.70. The largest absolute Gasteiger partial charge is 0.394 e. The Labute approximate surface area is 126 Å². The molecule has 0 spiro atoms. The number of aromatic nitrogens is 2. The number of nitrogens with zero attached hydrogens (tertiary/aromatic N) is 3. The number of aliphatic hydroxyl groups excluding tert-OH is 1. The third kappa shape index (κ3) is 2.51. The topological polar surface area (TPSA) is 75.4 Å². The van der Waals surface area contributed by atoms with E-state index in [1.54, 1.807) is 32.6 Å². The molecule has 0 bridgehead atoms. The second kappa shape index (κ2) is 5.37. The third-order valence-corrected chi connectivity index (χ3v) is 7.07. The first kappa shape index (κ1) is 16.5. The quantitative estimate of drug-likeness (QED) is 0.906. The van der Waals surface area contributed by atoms with Crippen LogP contribution in [0.5, 0.6) is 0 Å². The monoisotopic (exact) mass is 315 g/mol. The molecule has 7 heteroatoms. The molecule has 2 atom stereocenters. The minimum Gasteiger partial charge on any atom is -0.394 e. The highest BCUT2D eigenvalue weighted by Crippen LogP contribution is 2.41. The van der Waals surface area contributed by atoms with Crippen LogP contribution in [0.4, 0.5) is 0 Å². The normalized spacial score (nSPS) is 26.7. The van der Waals surface area contributed by atoms with Crippen LogP contribution in [0.15, 0.2) is 4.90 Å². The Hall–Kier alpha value is -0.920. The Bertz CT molecular complexity index is 638. The zero-order valence-electron chi connectivity index (χ0n) is 13.4. The van der Waals surface area contributed by atoms with Gasteiger partial charge in [-0.3, -0.25) is 4.68 Å². The first-order valence-electron chi connectivity index (χ1n) is 7.26. The molecule has 0 aliphatic heterocycles. The minimum absolute atomic E-state index is 0.147. The zero-order chi connectivity index (χ0) is 16.0. The molecule has 21 heavy (non-hydrogen) atoms. The van der Waals surface area contributed by atoms with E-state index in [1.165, 1.54) is 4.31 Å². The standard InChI is InChI=1S/C14H25N3O3S/c1-10-6-7-14(8-10,9-18)17(5)21(19,20)13-11(2)15-16(4)12(13)3/h10,18H,6-9H2,1-5H3/t10-,14+/m1/s1. The van der Waals surface area contributed by atoms with Crippen LogP contribution >= 0.6 is 0 Å². The van der Waals surface area contributed by atoms with Gasteiger partial charge in [0.1, 0.15) is 4.90 Å². The Kier molecular flexibility index (Phi) is 4.21. The maximum absolute atomic E-state index is 13.0. The molecule has 0 saturated heterocycles. The van der Waals surface area contributed by atoms with Crippen molar-refractivity contribution in [1.82, 2.24) is 14.1 Å². The summed E-state index contributed by atoms with van der Waals surface area (Å²) in [7, 11) is -0.351. The van der Waals surface area contributed by atoms with E-state index in [-0.39, 0.29) is 11.5 Å². The van der Waals surface area contributed by atoms with E-state index in [2.05, 4.69) is 12.0 Å². The Morgan fingerprint density at radius 2 is 2.10 bits per heavy atom. The fourth-order valence-electron chi connectivity index (χ4n) is 3.42. The lowest BCUT2D eigenvalue weighted by molar-refractivity contribution is 0.108. The highest BCUT2D eigenvalue weighted by Gasteiger charge is 2.46. The molecule has 0 amide bonds. The van der Waals surface area contributed by atoms with Gasteiger partial charge in [0.25, 0.3) is 0 Å².